The monoisotopic (exact) mass is 351 g/mol. The minimum Gasteiger partial charge on any atom is -0.387 e. The van der Waals surface area contributed by atoms with Crippen LogP contribution in [0.15, 0.2) is 48.9 Å². The van der Waals surface area contributed by atoms with Crippen LogP contribution in [0, 0.1) is 0 Å². The van der Waals surface area contributed by atoms with Crippen molar-refractivity contribution in [2.45, 2.75) is 18.6 Å². The molecule has 134 valence electrons. The first-order valence-corrected chi connectivity index (χ1v) is 8.69. The fourth-order valence-corrected chi connectivity index (χ4v) is 3.20. The van der Waals surface area contributed by atoms with Gasteiger partial charge in [-0.25, -0.2) is 9.97 Å². The maximum Gasteiger partial charge on any atom is 0.253 e. The molecule has 1 unspecified atom stereocenters. The molecule has 7 nitrogen and oxygen atoms in total. The van der Waals surface area contributed by atoms with Crippen LogP contribution in [0.4, 0.5) is 0 Å². The van der Waals surface area contributed by atoms with E-state index in [1.807, 2.05) is 22.8 Å². The molecule has 1 aromatic carbocycles. The van der Waals surface area contributed by atoms with Crippen LogP contribution >= 0.6 is 0 Å². The Bertz CT molecular complexity index is 916. The second kappa shape index (κ2) is 6.86. The lowest BCUT2D eigenvalue weighted by Crippen LogP contribution is -2.44. The third-order valence-corrected chi connectivity index (χ3v) is 4.71. The van der Waals surface area contributed by atoms with E-state index in [9.17, 15) is 9.90 Å². The summed E-state index contributed by atoms with van der Waals surface area (Å²) in [5.41, 5.74) is 2.15. The van der Waals surface area contributed by atoms with Crippen molar-refractivity contribution in [1.29, 1.82) is 0 Å². The molecule has 2 aromatic heterocycles. The number of fused-ring (bicyclic) bond motifs is 1. The van der Waals surface area contributed by atoms with E-state index >= 15 is 0 Å². The maximum atomic E-state index is 12.4. The highest BCUT2D eigenvalue weighted by atomic mass is 16.3. The summed E-state index contributed by atoms with van der Waals surface area (Å²) in [6.45, 7) is 2.16. The first-order valence-electron chi connectivity index (χ1n) is 8.69. The van der Waals surface area contributed by atoms with Crippen LogP contribution in [0.3, 0.4) is 0 Å². The number of hydrogen-bond donors (Lipinski definition) is 3. The van der Waals surface area contributed by atoms with E-state index in [1.165, 1.54) is 0 Å². The molecule has 1 amide bonds. The highest BCUT2D eigenvalue weighted by Gasteiger charge is 2.31. The molecule has 26 heavy (non-hydrogen) atoms. The smallest absolute Gasteiger partial charge is 0.253 e. The molecule has 3 heterocycles. The largest absolute Gasteiger partial charge is 0.387 e. The van der Waals surface area contributed by atoms with Gasteiger partial charge in [0.2, 0.25) is 0 Å². The van der Waals surface area contributed by atoms with Crippen molar-refractivity contribution in [2.75, 3.05) is 19.6 Å². The van der Waals surface area contributed by atoms with E-state index in [1.54, 1.807) is 18.6 Å². The topological polar surface area (TPSA) is 92.1 Å². The number of benzene rings is 1. The van der Waals surface area contributed by atoms with E-state index in [-0.39, 0.29) is 12.5 Å². The standard InChI is InChI=1S/C19H21N5O2/c25-18(22-12-19(26)6-7-20-11-19)15-8-16-17(21-9-15)24(13-23-16)10-14-4-2-1-3-5-14/h1-5,8-9,13,20,26H,6-7,10-12H2,(H,22,25). The van der Waals surface area contributed by atoms with Crippen LogP contribution in [-0.2, 0) is 6.54 Å². The Labute approximate surface area is 151 Å². The zero-order valence-electron chi connectivity index (χ0n) is 14.4. The average molecular weight is 351 g/mol. The molecule has 0 spiro atoms. The first-order chi connectivity index (χ1) is 12.6. The van der Waals surface area contributed by atoms with Crippen LogP contribution in [-0.4, -0.2) is 50.8 Å². The molecule has 1 atom stereocenters. The van der Waals surface area contributed by atoms with Gasteiger partial charge in [0.05, 0.1) is 24.0 Å². The lowest BCUT2D eigenvalue weighted by Gasteiger charge is -2.21. The number of amides is 1. The minimum atomic E-state index is -0.871. The van der Waals surface area contributed by atoms with Gasteiger partial charge in [0.1, 0.15) is 5.52 Å². The van der Waals surface area contributed by atoms with Gasteiger partial charge in [0.15, 0.2) is 5.65 Å². The predicted octanol–water partition coefficient (Wildman–Crippen LogP) is 0.934. The Morgan fingerprint density at radius 3 is 2.92 bits per heavy atom. The first kappa shape index (κ1) is 16.7. The van der Waals surface area contributed by atoms with Gasteiger partial charge in [0.25, 0.3) is 5.91 Å². The Kier molecular flexibility index (Phi) is 4.40. The number of imidazole rings is 1. The van der Waals surface area contributed by atoms with E-state index in [2.05, 4.69) is 32.7 Å². The number of carbonyl (C=O) groups excluding carboxylic acids is 1. The third-order valence-electron chi connectivity index (χ3n) is 4.71. The fourth-order valence-electron chi connectivity index (χ4n) is 3.20. The molecule has 7 heteroatoms. The molecule has 0 radical (unpaired) electrons. The summed E-state index contributed by atoms with van der Waals surface area (Å²) in [6.07, 6.45) is 3.92. The lowest BCUT2D eigenvalue weighted by molar-refractivity contribution is 0.0562. The molecule has 1 aliphatic rings. The number of aromatic nitrogens is 3. The fraction of sp³-hybridized carbons (Fsp3) is 0.316. The Morgan fingerprint density at radius 2 is 2.15 bits per heavy atom. The van der Waals surface area contributed by atoms with E-state index < -0.39 is 5.60 Å². The molecule has 0 bridgehead atoms. The average Bonchev–Trinajstić information content (AvgIpc) is 3.27. The second-order valence-corrected chi connectivity index (χ2v) is 6.76. The summed E-state index contributed by atoms with van der Waals surface area (Å²) >= 11 is 0. The molecular formula is C19H21N5O2. The number of nitrogens with zero attached hydrogens (tertiary/aromatic N) is 3. The van der Waals surface area contributed by atoms with Crippen molar-refractivity contribution >= 4 is 17.1 Å². The maximum absolute atomic E-state index is 12.4. The number of carbonyl (C=O) groups is 1. The molecule has 3 aromatic rings. The van der Waals surface area contributed by atoms with Gasteiger partial charge < -0.3 is 20.3 Å². The summed E-state index contributed by atoms with van der Waals surface area (Å²) in [4.78, 5) is 21.2. The predicted molar refractivity (Wildman–Crippen MR) is 97.8 cm³/mol. The number of pyridine rings is 1. The highest BCUT2D eigenvalue weighted by Crippen LogP contribution is 2.15. The van der Waals surface area contributed by atoms with Gasteiger partial charge in [-0.2, -0.15) is 0 Å². The van der Waals surface area contributed by atoms with Gasteiger partial charge in [-0.1, -0.05) is 30.3 Å². The number of nitrogens with one attached hydrogen (secondary N) is 2. The molecule has 3 N–H and O–H groups in total. The lowest BCUT2D eigenvalue weighted by atomic mass is 10.0. The van der Waals surface area contributed by atoms with Crippen LogP contribution in [0.1, 0.15) is 22.3 Å². The number of aliphatic hydroxyl groups is 1. The van der Waals surface area contributed by atoms with Crippen LogP contribution in [0.5, 0.6) is 0 Å². The molecule has 1 aliphatic heterocycles. The molecule has 0 aliphatic carbocycles. The van der Waals surface area contributed by atoms with E-state index in [0.29, 0.717) is 30.6 Å². The van der Waals surface area contributed by atoms with Gasteiger partial charge in [-0.3, -0.25) is 4.79 Å². The number of rotatable bonds is 5. The SMILES string of the molecule is O=C(NCC1(O)CCNC1)c1cnc2c(c1)ncn2Cc1ccccc1. The number of hydrogen-bond acceptors (Lipinski definition) is 5. The normalized spacial score (nSPS) is 19.7. The molecule has 1 saturated heterocycles. The zero-order chi connectivity index (χ0) is 18.0. The van der Waals surface area contributed by atoms with E-state index in [0.717, 1.165) is 17.8 Å². The van der Waals surface area contributed by atoms with Gasteiger partial charge >= 0.3 is 0 Å². The van der Waals surface area contributed by atoms with Crippen LogP contribution in [0.2, 0.25) is 0 Å². The Balaban J connectivity index is 1.48. The Hall–Kier alpha value is -2.77. The summed E-state index contributed by atoms with van der Waals surface area (Å²) in [5.74, 6) is -0.252. The molecular weight excluding hydrogens is 330 g/mol. The minimum absolute atomic E-state index is 0.222. The molecule has 4 rings (SSSR count). The summed E-state index contributed by atoms with van der Waals surface area (Å²) in [7, 11) is 0. The van der Waals surface area contributed by atoms with Crippen molar-refractivity contribution in [3.63, 3.8) is 0 Å². The van der Waals surface area contributed by atoms with Crippen molar-refractivity contribution in [2.24, 2.45) is 0 Å². The summed E-state index contributed by atoms with van der Waals surface area (Å²) < 4.78 is 1.96. The van der Waals surface area contributed by atoms with Crippen molar-refractivity contribution in [3.05, 3.63) is 60.0 Å². The van der Waals surface area contributed by atoms with Crippen LogP contribution < -0.4 is 10.6 Å². The Morgan fingerprint density at radius 1 is 1.31 bits per heavy atom. The number of β-amino-alcohol motifs (C(OH)–C–C–N with tert-alkyl or cyclic N) is 1. The second-order valence-electron chi connectivity index (χ2n) is 6.76. The van der Waals surface area contributed by atoms with Crippen molar-refractivity contribution in [3.8, 4) is 0 Å². The highest BCUT2D eigenvalue weighted by molar-refractivity contribution is 5.96. The van der Waals surface area contributed by atoms with Gasteiger partial charge in [-0.15, -0.1) is 0 Å². The summed E-state index contributed by atoms with van der Waals surface area (Å²) in [5, 5.41) is 16.2. The summed E-state index contributed by atoms with van der Waals surface area (Å²) in [6, 6.07) is 11.8. The third kappa shape index (κ3) is 3.44. The molecule has 0 saturated carbocycles. The zero-order valence-corrected chi connectivity index (χ0v) is 14.4. The van der Waals surface area contributed by atoms with Gasteiger partial charge in [-0.05, 0) is 24.6 Å². The molecule has 1 fully saturated rings. The van der Waals surface area contributed by atoms with E-state index in [4.69, 9.17) is 0 Å². The van der Waals surface area contributed by atoms with Gasteiger partial charge in [0, 0.05) is 19.3 Å². The van der Waals surface area contributed by atoms with Crippen molar-refractivity contribution in [1.82, 2.24) is 25.2 Å². The van der Waals surface area contributed by atoms with Crippen molar-refractivity contribution < 1.29 is 9.90 Å². The van der Waals surface area contributed by atoms with Crippen LogP contribution in [0.25, 0.3) is 11.2 Å². The quantitative estimate of drug-likeness (QED) is 0.636.